The molecule has 3 aromatic carbocycles. The molecule has 5 heteroatoms. The van der Waals surface area contributed by atoms with Gasteiger partial charge in [-0.25, -0.2) is 4.98 Å². The highest BCUT2D eigenvalue weighted by atomic mass is 16.5. The maximum absolute atomic E-state index is 11.0. The number of hydrogen-bond donors (Lipinski definition) is 0. The van der Waals surface area contributed by atoms with Crippen molar-refractivity contribution in [3.05, 3.63) is 84.1 Å². The average Bonchev–Trinajstić information content (AvgIpc) is 3.29. The SMILES string of the molecule is COc1c(OCc2ncco2)c(C)cc(/C=C/C=O)c1-c1ccc2ccccc2c1. The van der Waals surface area contributed by atoms with Crippen LogP contribution >= 0.6 is 0 Å². The third kappa shape index (κ3) is 3.82. The zero-order valence-electron chi connectivity index (χ0n) is 16.8. The van der Waals surface area contributed by atoms with Gasteiger partial charge in [0.1, 0.15) is 12.5 Å². The lowest BCUT2D eigenvalue weighted by atomic mass is 9.93. The van der Waals surface area contributed by atoms with E-state index < -0.39 is 0 Å². The van der Waals surface area contributed by atoms with Gasteiger partial charge in [0, 0.05) is 5.56 Å². The summed E-state index contributed by atoms with van der Waals surface area (Å²) in [6.45, 7) is 2.13. The minimum atomic E-state index is 0.185. The van der Waals surface area contributed by atoms with Crippen LogP contribution in [0.15, 0.2) is 71.5 Å². The predicted octanol–water partition coefficient (Wildman–Crippen LogP) is 5.60. The number of carbonyl (C=O) groups excluding carboxylic acids is 1. The lowest BCUT2D eigenvalue weighted by Crippen LogP contribution is -2.02. The lowest BCUT2D eigenvalue weighted by Gasteiger charge is -2.19. The molecule has 0 atom stereocenters. The first-order chi connectivity index (χ1) is 14.7. The number of oxazole rings is 1. The van der Waals surface area contributed by atoms with Crippen LogP contribution in [0.25, 0.3) is 28.0 Å². The van der Waals surface area contributed by atoms with Crippen molar-refractivity contribution in [2.45, 2.75) is 13.5 Å². The highest BCUT2D eigenvalue weighted by Crippen LogP contribution is 2.44. The van der Waals surface area contributed by atoms with Gasteiger partial charge >= 0.3 is 0 Å². The Bertz CT molecular complexity index is 1210. The third-order valence-corrected chi connectivity index (χ3v) is 4.87. The number of methoxy groups -OCH3 is 1. The summed E-state index contributed by atoms with van der Waals surface area (Å²) in [5.41, 5.74) is 3.58. The summed E-state index contributed by atoms with van der Waals surface area (Å²) in [4.78, 5) is 15.1. The Kier molecular flexibility index (Phi) is 5.61. The van der Waals surface area contributed by atoms with Gasteiger partial charge in [0.25, 0.3) is 0 Å². The second-order valence-electron chi connectivity index (χ2n) is 6.79. The number of aryl methyl sites for hydroxylation is 1. The zero-order chi connectivity index (χ0) is 20.9. The Morgan fingerprint density at radius 2 is 1.90 bits per heavy atom. The van der Waals surface area contributed by atoms with E-state index in [1.807, 2.05) is 31.2 Å². The van der Waals surface area contributed by atoms with Crippen molar-refractivity contribution in [1.82, 2.24) is 4.98 Å². The van der Waals surface area contributed by atoms with Crippen molar-refractivity contribution in [3.63, 3.8) is 0 Å². The predicted molar refractivity (Wildman–Crippen MR) is 117 cm³/mol. The van der Waals surface area contributed by atoms with Gasteiger partial charge in [-0.1, -0.05) is 42.5 Å². The minimum absolute atomic E-state index is 0.185. The van der Waals surface area contributed by atoms with E-state index in [1.54, 1.807) is 19.4 Å². The minimum Gasteiger partial charge on any atom is -0.492 e. The largest absolute Gasteiger partial charge is 0.492 e. The Balaban J connectivity index is 1.89. The maximum atomic E-state index is 11.0. The van der Waals surface area contributed by atoms with Crippen molar-refractivity contribution in [2.75, 3.05) is 7.11 Å². The lowest BCUT2D eigenvalue weighted by molar-refractivity contribution is -0.104. The van der Waals surface area contributed by atoms with Crippen LogP contribution in [-0.2, 0) is 11.4 Å². The van der Waals surface area contributed by atoms with Gasteiger partial charge in [0.2, 0.25) is 5.89 Å². The molecule has 1 aromatic heterocycles. The Morgan fingerprint density at radius 3 is 2.63 bits per heavy atom. The molecule has 150 valence electrons. The molecule has 0 aliphatic heterocycles. The van der Waals surface area contributed by atoms with Crippen LogP contribution in [-0.4, -0.2) is 18.4 Å². The van der Waals surface area contributed by atoms with E-state index in [1.165, 1.54) is 12.3 Å². The monoisotopic (exact) mass is 399 g/mol. The number of carbonyl (C=O) groups is 1. The van der Waals surface area contributed by atoms with E-state index in [2.05, 4.69) is 29.2 Å². The standard InChI is InChI=1S/C25H21NO4/c1-17-14-20(8-5-12-27)23(21-10-9-18-6-3-4-7-19(18)15-21)25(28-2)24(17)30-16-22-26-11-13-29-22/h3-15H,16H2,1-2H3/b8-5+. The van der Waals surface area contributed by atoms with Crippen molar-refractivity contribution in [3.8, 4) is 22.6 Å². The van der Waals surface area contributed by atoms with Crippen LogP contribution in [0.5, 0.6) is 11.5 Å². The maximum Gasteiger partial charge on any atom is 0.232 e. The first-order valence-electron chi connectivity index (χ1n) is 9.55. The molecule has 30 heavy (non-hydrogen) atoms. The van der Waals surface area contributed by atoms with Crippen LogP contribution in [0, 0.1) is 6.92 Å². The molecule has 0 radical (unpaired) electrons. The molecule has 0 saturated carbocycles. The molecule has 0 aliphatic rings. The second kappa shape index (κ2) is 8.66. The van der Waals surface area contributed by atoms with Crippen molar-refractivity contribution < 1.29 is 18.7 Å². The number of aldehydes is 1. The number of hydrogen-bond acceptors (Lipinski definition) is 5. The summed E-state index contributed by atoms with van der Waals surface area (Å²) in [5, 5.41) is 2.27. The van der Waals surface area contributed by atoms with Gasteiger partial charge in [-0.2, -0.15) is 0 Å². The van der Waals surface area contributed by atoms with Crippen molar-refractivity contribution >= 4 is 23.1 Å². The van der Waals surface area contributed by atoms with E-state index in [9.17, 15) is 4.79 Å². The van der Waals surface area contributed by atoms with E-state index >= 15 is 0 Å². The molecule has 1 heterocycles. The first-order valence-corrected chi connectivity index (χ1v) is 9.55. The Hall–Kier alpha value is -3.86. The highest BCUT2D eigenvalue weighted by Gasteiger charge is 2.20. The zero-order valence-corrected chi connectivity index (χ0v) is 16.8. The van der Waals surface area contributed by atoms with Gasteiger partial charge in [0.05, 0.1) is 13.3 Å². The third-order valence-electron chi connectivity index (χ3n) is 4.87. The van der Waals surface area contributed by atoms with E-state index in [4.69, 9.17) is 13.9 Å². The van der Waals surface area contributed by atoms with Crippen LogP contribution in [0.3, 0.4) is 0 Å². The van der Waals surface area contributed by atoms with E-state index in [0.717, 1.165) is 39.3 Å². The number of nitrogens with zero attached hydrogens (tertiary/aromatic N) is 1. The van der Waals surface area contributed by atoms with Crippen molar-refractivity contribution in [2.24, 2.45) is 0 Å². The highest BCUT2D eigenvalue weighted by molar-refractivity contribution is 5.92. The molecule has 0 N–H and O–H groups in total. The number of aromatic nitrogens is 1. The Labute approximate surface area is 174 Å². The molecule has 4 rings (SSSR count). The second-order valence-corrected chi connectivity index (χ2v) is 6.79. The summed E-state index contributed by atoms with van der Waals surface area (Å²) in [5.74, 6) is 1.69. The molecule has 5 nitrogen and oxygen atoms in total. The van der Waals surface area contributed by atoms with Gasteiger partial charge < -0.3 is 13.9 Å². The summed E-state index contributed by atoms with van der Waals surface area (Å²) in [6, 6.07) is 16.4. The summed E-state index contributed by atoms with van der Waals surface area (Å²) >= 11 is 0. The number of allylic oxidation sites excluding steroid dienone is 1. The summed E-state index contributed by atoms with van der Waals surface area (Å²) < 4.78 is 17.1. The fourth-order valence-corrected chi connectivity index (χ4v) is 3.54. The van der Waals surface area contributed by atoms with Crippen molar-refractivity contribution in [1.29, 1.82) is 0 Å². The topological polar surface area (TPSA) is 61.6 Å². The van der Waals surface area contributed by atoms with Gasteiger partial charge in [-0.15, -0.1) is 0 Å². The van der Waals surface area contributed by atoms with Gasteiger partial charge in [-0.3, -0.25) is 4.79 Å². The molecular formula is C25H21NO4. The van der Waals surface area contributed by atoms with Crippen LogP contribution in [0.2, 0.25) is 0 Å². The summed E-state index contributed by atoms with van der Waals surface area (Å²) in [6.07, 6.45) is 7.11. The molecule has 0 aliphatic carbocycles. The molecule has 0 amide bonds. The Morgan fingerprint density at radius 1 is 1.07 bits per heavy atom. The van der Waals surface area contributed by atoms with E-state index in [0.29, 0.717) is 17.4 Å². The smallest absolute Gasteiger partial charge is 0.232 e. The molecule has 0 fully saturated rings. The van der Waals surface area contributed by atoms with Crippen LogP contribution in [0.4, 0.5) is 0 Å². The molecule has 4 aromatic rings. The first kappa shape index (κ1) is 19.5. The summed E-state index contributed by atoms with van der Waals surface area (Å²) in [7, 11) is 1.62. The van der Waals surface area contributed by atoms with E-state index in [-0.39, 0.29) is 6.61 Å². The number of fused-ring (bicyclic) bond motifs is 1. The molecule has 0 unspecified atom stereocenters. The number of rotatable bonds is 7. The average molecular weight is 399 g/mol. The molecular weight excluding hydrogens is 378 g/mol. The number of ether oxygens (including phenoxy) is 2. The fraction of sp³-hybridized carbons (Fsp3) is 0.120. The van der Waals surface area contributed by atoms with Gasteiger partial charge in [0.15, 0.2) is 18.1 Å². The molecule has 0 spiro atoms. The molecule has 0 bridgehead atoms. The quantitative estimate of drug-likeness (QED) is 0.299. The fourth-order valence-electron chi connectivity index (χ4n) is 3.54. The van der Waals surface area contributed by atoms with Crippen LogP contribution < -0.4 is 9.47 Å². The molecule has 0 saturated heterocycles. The normalized spacial score (nSPS) is 11.1. The number of benzene rings is 3. The van der Waals surface area contributed by atoms with Crippen LogP contribution in [0.1, 0.15) is 17.0 Å². The van der Waals surface area contributed by atoms with Gasteiger partial charge in [-0.05, 0) is 52.6 Å².